The van der Waals surface area contributed by atoms with Crippen molar-refractivity contribution in [3.8, 4) is 18.4 Å². The van der Waals surface area contributed by atoms with Gasteiger partial charge < -0.3 is 5.73 Å². The van der Waals surface area contributed by atoms with Crippen LogP contribution < -0.4 is 5.73 Å². The Morgan fingerprint density at radius 1 is 1.75 bits per heavy atom. The molecule has 0 radical (unpaired) electrons. The zero-order valence-corrected chi connectivity index (χ0v) is 4.59. The minimum Gasteiger partial charge on any atom is -0.316 e. The van der Waals surface area contributed by atoms with Gasteiger partial charge in [-0.25, -0.2) is 0 Å². The first-order valence-electron chi connectivity index (χ1n) is 2.40. The Kier molecular flexibility index (Phi) is 3.66. The number of nitrogens with zero attached hydrogens (tertiary/aromatic N) is 1. The monoisotopic (exact) mass is 108 g/mol. The van der Waals surface area contributed by atoms with Crippen LogP contribution in [0, 0.1) is 23.7 Å². The van der Waals surface area contributed by atoms with Gasteiger partial charge in [0.1, 0.15) is 0 Å². The molecule has 0 bridgehead atoms. The van der Waals surface area contributed by atoms with Gasteiger partial charge in [-0.15, -0.1) is 12.3 Å². The van der Waals surface area contributed by atoms with E-state index in [1.54, 1.807) is 0 Å². The van der Waals surface area contributed by atoms with Crippen LogP contribution >= 0.6 is 0 Å². The van der Waals surface area contributed by atoms with Gasteiger partial charge in [-0.2, -0.15) is 5.26 Å². The molecule has 0 aliphatic carbocycles. The lowest BCUT2D eigenvalue weighted by atomic mass is 10.2. The fraction of sp³-hybridized carbons (Fsp3) is 0.500. The van der Waals surface area contributed by atoms with Crippen molar-refractivity contribution in [1.82, 2.24) is 0 Å². The van der Waals surface area contributed by atoms with Gasteiger partial charge in [-0.05, 0) is 6.42 Å². The third kappa shape index (κ3) is 3.21. The zero-order chi connectivity index (χ0) is 6.41. The summed E-state index contributed by atoms with van der Waals surface area (Å²) in [7, 11) is 0. The molecule has 2 nitrogen and oxygen atoms in total. The first kappa shape index (κ1) is 7.01. The van der Waals surface area contributed by atoms with Crippen LogP contribution in [0.5, 0.6) is 0 Å². The number of hydrogen-bond acceptors (Lipinski definition) is 2. The molecule has 2 heteroatoms. The molecule has 1 atom stereocenters. The molecule has 2 N–H and O–H groups in total. The summed E-state index contributed by atoms with van der Waals surface area (Å²) in [6.07, 6.45) is 6.11. The van der Waals surface area contributed by atoms with Crippen LogP contribution in [0.15, 0.2) is 0 Å². The number of nitriles is 1. The van der Waals surface area contributed by atoms with Crippen LogP contribution in [0.2, 0.25) is 0 Å². The molecular weight excluding hydrogens is 100 g/mol. The van der Waals surface area contributed by atoms with Gasteiger partial charge in [0, 0.05) is 6.42 Å². The van der Waals surface area contributed by atoms with Crippen molar-refractivity contribution >= 4 is 0 Å². The molecule has 0 aliphatic heterocycles. The summed E-state index contributed by atoms with van der Waals surface area (Å²) in [6.45, 7) is 0. The van der Waals surface area contributed by atoms with Crippen molar-refractivity contribution in [3.63, 3.8) is 0 Å². The third-order valence-electron chi connectivity index (χ3n) is 0.766. The maximum absolute atomic E-state index is 8.12. The smallest absolute Gasteiger partial charge is 0.0937 e. The topological polar surface area (TPSA) is 49.8 Å². The summed E-state index contributed by atoms with van der Waals surface area (Å²) in [6, 6.07) is 1.50. The van der Waals surface area contributed by atoms with Gasteiger partial charge in [-0.1, -0.05) is 0 Å². The summed E-state index contributed by atoms with van der Waals surface area (Å²) in [5.74, 6) is 2.40. The van der Waals surface area contributed by atoms with Crippen LogP contribution in [-0.2, 0) is 0 Å². The molecule has 0 aromatic carbocycles. The highest BCUT2D eigenvalue weighted by molar-refractivity contribution is 4.92. The molecule has 0 aliphatic rings. The highest BCUT2D eigenvalue weighted by Gasteiger charge is 1.94. The van der Waals surface area contributed by atoms with Gasteiger partial charge in [0.05, 0.1) is 12.1 Å². The Labute approximate surface area is 49.3 Å². The Balaban J connectivity index is 3.18. The van der Waals surface area contributed by atoms with Crippen LogP contribution in [0.4, 0.5) is 0 Å². The first-order valence-corrected chi connectivity index (χ1v) is 2.40. The maximum Gasteiger partial charge on any atom is 0.0937 e. The molecule has 0 rings (SSSR count). The van der Waals surface area contributed by atoms with E-state index in [4.69, 9.17) is 17.4 Å². The maximum atomic E-state index is 8.12. The minimum atomic E-state index is -0.383. The van der Waals surface area contributed by atoms with Crippen molar-refractivity contribution in [2.45, 2.75) is 18.9 Å². The van der Waals surface area contributed by atoms with E-state index in [1.807, 2.05) is 6.07 Å². The molecule has 1 unspecified atom stereocenters. The molecule has 0 spiro atoms. The van der Waals surface area contributed by atoms with Crippen molar-refractivity contribution in [3.05, 3.63) is 0 Å². The Morgan fingerprint density at radius 2 is 2.38 bits per heavy atom. The zero-order valence-electron chi connectivity index (χ0n) is 4.59. The summed E-state index contributed by atoms with van der Waals surface area (Å²) >= 11 is 0. The van der Waals surface area contributed by atoms with Gasteiger partial charge in [0.2, 0.25) is 0 Å². The second kappa shape index (κ2) is 4.18. The van der Waals surface area contributed by atoms with Crippen LogP contribution in [0.3, 0.4) is 0 Å². The predicted octanol–water partition coefficient (Wildman–Crippen LogP) is 0.251. The van der Waals surface area contributed by atoms with Gasteiger partial charge >= 0.3 is 0 Å². The number of nitrogens with two attached hydrogens (primary N) is 1. The van der Waals surface area contributed by atoms with Crippen molar-refractivity contribution in [1.29, 1.82) is 5.26 Å². The molecule has 0 amide bonds. The fourth-order valence-corrected chi connectivity index (χ4v) is 0.303. The number of terminal acetylenes is 1. The summed E-state index contributed by atoms with van der Waals surface area (Å²) in [4.78, 5) is 0. The van der Waals surface area contributed by atoms with E-state index < -0.39 is 0 Å². The molecule has 0 aromatic heterocycles. The summed E-state index contributed by atoms with van der Waals surface area (Å²) < 4.78 is 0. The van der Waals surface area contributed by atoms with Gasteiger partial charge in [0.15, 0.2) is 0 Å². The SMILES string of the molecule is C#CCCC(N)C#N. The Bertz CT molecular complexity index is 126. The number of hydrogen-bond donors (Lipinski definition) is 1. The second-order valence-corrected chi connectivity index (χ2v) is 1.48. The quantitative estimate of drug-likeness (QED) is 0.515. The van der Waals surface area contributed by atoms with Gasteiger partial charge in [-0.3, -0.25) is 0 Å². The predicted molar refractivity (Wildman–Crippen MR) is 31.7 cm³/mol. The molecule has 0 heterocycles. The van der Waals surface area contributed by atoms with Crippen LogP contribution in [0.1, 0.15) is 12.8 Å². The van der Waals surface area contributed by atoms with Crippen molar-refractivity contribution < 1.29 is 0 Å². The molecule has 0 saturated carbocycles. The highest BCUT2D eigenvalue weighted by Crippen LogP contribution is 1.88. The standard InChI is InChI=1S/C6H8N2/c1-2-3-4-6(8)5-7/h1,6H,3-4,8H2. The largest absolute Gasteiger partial charge is 0.316 e. The third-order valence-corrected chi connectivity index (χ3v) is 0.766. The molecule has 0 saturated heterocycles. The lowest BCUT2D eigenvalue weighted by Crippen LogP contribution is -2.16. The second-order valence-electron chi connectivity index (χ2n) is 1.48. The van der Waals surface area contributed by atoms with E-state index in [-0.39, 0.29) is 6.04 Å². The number of rotatable bonds is 2. The van der Waals surface area contributed by atoms with Crippen molar-refractivity contribution in [2.75, 3.05) is 0 Å². The lowest BCUT2D eigenvalue weighted by Gasteiger charge is -1.93. The summed E-state index contributed by atoms with van der Waals surface area (Å²) in [5, 5.41) is 8.12. The molecule has 8 heavy (non-hydrogen) atoms. The Hall–Kier alpha value is -0.990. The van der Waals surface area contributed by atoms with Crippen LogP contribution in [-0.4, -0.2) is 6.04 Å². The van der Waals surface area contributed by atoms with E-state index in [9.17, 15) is 0 Å². The normalized spacial score (nSPS) is 11.4. The van der Waals surface area contributed by atoms with E-state index in [0.29, 0.717) is 12.8 Å². The minimum absolute atomic E-state index is 0.383. The molecule has 0 aromatic rings. The molecule has 42 valence electrons. The van der Waals surface area contributed by atoms with Gasteiger partial charge in [0.25, 0.3) is 0 Å². The first-order chi connectivity index (χ1) is 3.81. The fourth-order valence-electron chi connectivity index (χ4n) is 0.303. The van der Waals surface area contributed by atoms with E-state index in [2.05, 4.69) is 5.92 Å². The van der Waals surface area contributed by atoms with E-state index in [0.717, 1.165) is 0 Å². The van der Waals surface area contributed by atoms with E-state index >= 15 is 0 Å². The average molecular weight is 108 g/mol. The molecule has 0 fully saturated rings. The average Bonchev–Trinajstić information content (AvgIpc) is 1.83. The summed E-state index contributed by atoms with van der Waals surface area (Å²) in [5.41, 5.74) is 5.20. The lowest BCUT2D eigenvalue weighted by molar-refractivity contribution is 0.754. The van der Waals surface area contributed by atoms with E-state index in [1.165, 1.54) is 0 Å². The van der Waals surface area contributed by atoms with Crippen LogP contribution in [0.25, 0.3) is 0 Å². The van der Waals surface area contributed by atoms with Crippen molar-refractivity contribution in [2.24, 2.45) is 5.73 Å². The Morgan fingerprint density at radius 3 is 2.75 bits per heavy atom. The molecular formula is C6H8N2. The highest BCUT2D eigenvalue weighted by atomic mass is 14.6.